The molecule has 18 heavy (non-hydrogen) atoms. The van der Waals surface area contributed by atoms with Crippen LogP contribution in [0.3, 0.4) is 0 Å². The lowest BCUT2D eigenvalue weighted by molar-refractivity contribution is -0.122. The summed E-state index contributed by atoms with van der Waals surface area (Å²) in [4.78, 5) is 13.6. The Morgan fingerprint density at radius 3 is 2.50 bits per heavy atom. The molecule has 0 aromatic heterocycles. The third-order valence-corrected chi connectivity index (χ3v) is 4.17. The molecule has 0 aliphatic heterocycles. The number of carbonyl (C=O) groups is 1. The van der Waals surface area contributed by atoms with E-state index < -0.39 is 11.4 Å². The fraction of sp³-hybridized carbons (Fsp3) is 0.929. The van der Waals surface area contributed by atoms with Gasteiger partial charge in [-0.2, -0.15) is 0 Å². The van der Waals surface area contributed by atoms with Crippen molar-refractivity contribution in [3.63, 3.8) is 0 Å². The zero-order valence-electron chi connectivity index (χ0n) is 12.0. The third kappa shape index (κ3) is 4.94. The van der Waals surface area contributed by atoms with Crippen LogP contribution in [-0.4, -0.2) is 36.0 Å². The van der Waals surface area contributed by atoms with Crippen LogP contribution in [-0.2, 0) is 4.79 Å². The number of nitrogens with two attached hydrogens (primary N) is 2. The van der Waals surface area contributed by atoms with Crippen molar-refractivity contribution in [2.24, 2.45) is 17.4 Å². The van der Waals surface area contributed by atoms with E-state index in [4.69, 9.17) is 11.5 Å². The van der Waals surface area contributed by atoms with E-state index in [9.17, 15) is 4.79 Å². The van der Waals surface area contributed by atoms with Crippen molar-refractivity contribution in [2.45, 2.75) is 57.9 Å². The monoisotopic (exact) mass is 255 g/mol. The minimum absolute atomic E-state index is 0.399. The summed E-state index contributed by atoms with van der Waals surface area (Å²) in [5.41, 5.74) is 10.2. The topological polar surface area (TPSA) is 72.3 Å². The molecule has 0 spiro atoms. The van der Waals surface area contributed by atoms with Gasteiger partial charge in [0.05, 0.1) is 5.54 Å². The van der Waals surface area contributed by atoms with Crippen LogP contribution < -0.4 is 11.5 Å². The van der Waals surface area contributed by atoms with Crippen molar-refractivity contribution < 1.29 is 4.79 Å². The van der Waals surface area contributed by atoms with Gasteiger partial charge < -0.3 is 16.4 Å². The molecule has 0 heterocycles. The lowest BCUT2D eigenvalue weighted by Gasteiger charge is -2.32. The fourth-order valence-electron chi connectivity index (χ4n) is 2.37. The fourth-order valence-corrected chi connectivity index (χ4v) is 2.37. The van der Waals surface area contributed by atoms with Gasteiger partial charge in [0.1, 0.15) is 0 Å². The van der Waals surface area contributed by atoms with Gasteiger partial charge in [-0.15, -0.1) is 0 Å². The van der Waals surface area contributed by atoms with E-state index >= 15 is 0 Å². The summed E-state index contributed by atoms with van der Waals surface area (Å²) in [7, 11) is 0. The van der Waals surface area contributed by atoms with Gasteiger partial charge in [0.15, 0.2) is 0 Å². The van der Waals surface area contributed by atoms with E-state index in [0.29, 0.717) is 6.42 Å². The average Bonchev–Trinajstić information content (AvgIpc) is 2.25. The van der Waals surface area contributed by atoms with Crippen LogP contribution in [0, 0.1) is 5.92 Å². The summed E-state index contributed by atoms with van der Waals surface area (Å²) in [5, 5.41) is 0. The maximum absolute atomic E-state index is 11.1. The van der Waals surface area contributed by atoms with Gasteiger partial charge in [-0.3, -0.25) is 4.79 Å². The molecular formula is C14H29N3O. The molecule has 1 aliphatic carbocycles. The molecule has 1 rings (SSSR count). The van der Waals surface area contributed by atoms with Gasteiger partial charge in [0.2, 0.25) is 5.91 Å². The smallest absolute Gasteiger partial charge is 0.237 e. The number of amides is 1. The molecule has 1 amide bonds. The Hall–Kier alpha value is -0.610. The molecule has 4 nitrogen and oxygen atoms in total. The normalized spacial score (nSPS) is 19.6. The van der Waals surface area contributed by atoms with E-state index in [0.717, 1.165) is 31.8 Å². The average molecular weight is 255 g/mol. The van der Waals surface area contributed by atoms with Crippen molar-refractivity contribution in [1.82, 2.24) is 4.90 Å². The Kier molecular flexibility index (Phi) is 6.09. The molecule has 1 aliphatic rings. The number of rotatable bonds is 9. The van der Waals surface area contributed by atoms with Crippen LogP contribution >= 0.6 is 0 Å². The van der Waals surface area contributed by atoms with Crippen molar-refractivity contribution in [3.8, 4) is 0 Å². The molecule has 1 atom stereocenters. The largest absolute Gasteiger partial charge is 0.368 e. The number of unbranched alkanes of at least 4 members (excludes halogenated alkanes) is 1. The number of hydrogen-bond donors (Lipinski definition) is 2. The van der Waals surface area contributed by atoms with E-state index in [1.165, 1.54) is 25.8 Å². The van der Waals surface area contributed by atoms with Crippen molar-refractivity contribution in [2.75, 3.05) is 19.6 Å². The van der Waals surface area contributed by atoms with Crippen LogP contribution in [0.4, 0.5) is 0 Å². The van der Waals surface area contributed by atoms with E-state index in [1.807, 2.05) is 0 Å². The zero-order chi connectivity index (χ0) is 13.6. The Bertz CT molecular complexity index is 262. The Morgan fingerprint density at radius 2 is 2.06 bits per heavy atom. The molecule has 0 saturated heterocycles. The molecule has 0 bridgehead atoms. The van der Waals surface area contributed by atoms with Crippen molar-refractivity contribution in [1.29, 1.82) is 0 Å². The molecule has 4 N–H and O–H groups in total. The summed E-state index contributed by atoms with van der Waals surface area (Å²) in [6, 6.07) is 0. The zero-order valence-corrected chi connectivity index (χ0v) is 12.0. The van der Waals surface area contributed by atoms with Crippen molar-refractivity contribution >= 4 is 5.91 Å². The summed E-state index contributed by atoms with van der Waals surface area (Å²) in [6.07, 6.45) is 6.96. The second-order valence-electron chi connectivity index (χ2n) is 5.93. The maximum atomic E-state index is 11.1. The highest BCUT2D eigenvalue weighted by atomic mass is 16.1. The summed E-state index contributed by atoms with van der Waals surface area (Å²) >= 11 is 0. The molecule has 106 valence electrons. The highest BCUT2D eigenvalue weighted by molar-refractivity contribution is 5.83. The molecular weight excluding hydrogens is 226 g/mol. The van der Waals surface area contributed by atoms with Gasteiger partial charge in [0.25, 0.3) is 0 Å². The first-order valence-electron chi connectivity index (χ1n) is 7.27. The predicted molar refractivity (Wildman–Crippen MR) is 75.1 cm³/mol. The highest BCUT2D eigenvalue weighted by Crippen LogP contribution is 2.27. The first-order chi connectivity index (χ1) is 8.45. The van der Waals surface area contributed by atoms with Crippen LogP contribution in [0.25, 0.3) is 0 Å². The maximum Gasteiger partial charge on any atom is 0.237 e. The Balaban J connectivity index is 2.13. The molecule has 4 heteroatoms. The second-order valence-corrected chi connectivity index (χ2v) is 5.93. The quantitative estimate of drug-likeness (QED) is 0.613. The Labute approximate surface area is 111 Å². The highest BCUT2D eigenvalue weighted by Gasteiger charge is 2.25. The third-order valence-electron chi connectivity index (χ3n) is 4.17. The van der Waals surface area contributed by atoms with Crippen molar-refractivity contribution in [3.05, 3.63) is 0 Å². The first-order valence-corrected chi connectivity index (χ1v) is 7.27. The van der Waals surface area contributed by atoms with E-state index in [-0.39, 0.29) is 0 Å². The minimum atomic E-state index is -0.842. The molecule has 0 aromatic rings. The molecule has 0 radical (unpaired) electrons. The van der Waals surface area contributed by atoms with Gasteiger partial charge in [-0.05, 0) is 58.0 Å². The summed E-state index contributed by atoms with van der Waals surface area (Å²) in [6.45, 7) is 7.41. The first kappa shape index (κ1) is 15.4. The number of primary amides is 1. The minimum Gasteiger partial charge on any atom is -0.368 e. The molecule has 1 unspecified atom stereocenters. The van der Waals surface area contributed by atoms with Gasteiger partial charge in [-0.25, -0.2) is 0 Å². The second kappa shape index (κ2) is 7.10. The van der Waals surface area contributed by atoms with Gasteiger partial charge >= 0.3 is 0 Å². The van der Waals surface area contributed by atoms with Gasteiger partial charge in [0, 0.05) is 6.54 Å². The SMILES string of the molecule is CCN(CCCCC(C)(N)C(N)=O)CC1CCC1. The summed E-state index contributed by atoms with van der Waals surface area (Å²) in [5.74, 6) is 0.527. The molecule has 1 saturated carbocycles. The number of nitrogens with zero attached hydrogens (tertiary/aromatic N) is 1. The lowest BCUT2D eigenvalue weighted by Crippen LogP contribution is -2.49. The van der Waals surface area contributed by atoms with Crippen LogP contribution in [0.15, 0.2) is 0 Å². The molecule has 0 aromatic carbocycles. The van der Waals surface area contributed by atoms with E-state index in [2.05, 4.69) is 11.8 Å². The molecule has 1 fully saturated rings. The Morgan fingerprint density at radius 1 is 1.39 bits per heavy atom. The summed E-state index contributed by atoms with van der Waals surface area (Å²) < 4.78 is 0. The van der Waals surface area contributed by atoms with Crippen LogP contribution in [0.2, 0.25) is 0 Å². The number of hydrogen-bond acceptors (Lipinski definition) is 3. The van der Waals surface area contributed by atoms with Gasteiger partial charge in [-0.1, -0.05) is 13.3 Å². The predicted octanol–water partition coefficient (Wildman–Crippen LogP) is 1.48. The van der Waals surface area contributed by atoms with Crippen LogP contribution in [0.1, 0.15) is 52.4 Å². The lowest BCUT2D eigenvalue weighted by atomic mass is 9.85. The van der Waals surface area contributed by atoms with E-state index in [1.54, 1.807) is 6.92 Å². The standard InChI is InChI=1S/C14H29N3O/c1-3-17(11-12-7-6-8-12)10-5-4-9-14(2,16)13(15)18/h12H,3-11,16H2,1-2H3,(H2,15,18). The van der Waals surface area contributed by atoms with Crippen LogP contribution in [0.5, 0.6) is 0 Å². The number of carbonyl (C=O) groups excluding carboxylic acids is 1.